The third kappa shape index (κ3) is 4.35. The van der Waals surface area contributed by atoms with Crippen LogP contribution in [0, 0.1) is 0 Å². The van der Waals surface area contributed by atoms with Gasteiger partial charge in [-0.3, -0.25) is 4.79 Å². The second-order valence-corrected chi connectivity index (χ2v) is 5.39. The Bertz CT molecular complexity index is 723. The molecule has 2 rings (SSSR count). The predicted octanol–water partition coefficient (Wildman–Crippen LogP) is 2.93. The molecule has 0 saturated carbocycles. The van der Waals surface area contributed by atoms with Gasteiger partial charge in [0.25, 0.3) is 5.91 Å². The first-order valence-corrected chi connectivity index (χ1v) is 7.82. The molecule has 0 atom stereocenters. The van der Waals surface area contributed by atoms with Gasteiger partial charge in [0, 0.05) is 12.1 Å². The summed E-state index contributed by atoms with van der Waals surface area (Å²) >= 11 is 0. The third-order valence-corrected chi connectivity index (χ3v) is 3.84. The van der Waals surface area contributed by atoms with Crippen LogP contribution in [0.3, 0.4) is 0 Å². The van der Waals surface area contributed by atoms with Crippen LogP contribution in [-0.4, -0.2) is 30.6 Å². The number of carboxylic acid groups (broad SMARTS) is 1. The Kier molecular flexibility index (Phi) is 5.95. The van der Waals surface area contributed by atoms with Crippen LogP contribution >= 0.6 is 0 Å². The number of carbonyl (C=O) groups excluding carboxylic acids is 1. The van der Waals surface area contributed by atoms with Crippen molar-refractivity contribution in [1.82, 2.24) is 5.32 Å². The van der Waals surface area contributed by atoms with Crippen LogP contribution in [0.4, 0.5) is 0 Å². The number of amides is 1. The number of carboxylic acids is 1. The van der Waals surface area contributed by atoms with Crippen molar-refractivity contribution >= 4 is 11.9 Å². The first-order chi connectivity index (χ1) is 11.5. The average molecular weight is 327 g/mol. The summed E-state index contributed by atoms with van der Waals surface area (Å²) in [7, 11) is 1.50. The Morgan fingerprint density at radius 2 is 1.75 bits per heavy atom. The Morgan fingerprint density at radius 3 is 2.33 bits per heavy atom. The molecule has 0 radical (unpaired) electrons. The summed E-state index contributed by atoms with van der Waals surface area (Å²) in [6, 6.07) is 12.3. The van der Waals surface area contributed by atoms with Crippen molar-refractivity contribution in [3.8, 4) is 5.75 Å². The quantitative estimate of drug-likeness (QED) is 0.820. The zero-order chi connectivity index (χ0) is 17.5. The van der Waals surface area contributed by atoms with E-state index < -0.39 is 5.97 Å². The van der Waals surface area contributed by atoms with E-state index in [2.05, 4.69) is 12.2 Å². The Labute approximate surface area is 141 Å². The summed E-state index contributed by atoms with van der Waals surface area (Å²) in [4.78, 5) is 23.1. The molecule has 0 saturated heterocycles. The number of hydrogen-bond acceptors (Lipinski definition) is 3. The second kappa shape index (κ2) is 8.15. The van der Waals surface area contributed by atoms with E-state index in [0.717, 1.165) is 12.0 Å². The summed E-state index contributed by atoms with van der Waals surface area (Å²) in [6.45, 7) is 2.51. The van der Waals surface area contributed by atoms with Gasteiger partial charge >= 0.3 is 5.97 Å². The van der Waals surface area contributed by atoms with Crippen LogP contribution in [0.2, 0.25) is 0 Å². The molecule has 2 N–H and O–H groups in total. The van der Waals surface area contributed by atoms with Gasteiger partial charge in [-0.25, -0.2) is 4.79 Å². The van der Waals surface area contributed by atoms with Gasteiger partial charge in [-0.05, 0) is 48.2 Å². The molecule has 0 aromatic heterocycles. The minimum atomic E-state index is -0.997. The lowest BCUT2D eigenvalue weighted by Gasteiger charge is -2.10. The van der Waals surface area contributed by atoms with Gasteiger partial charge in [0.05, 0.1) is 12.7 Å². The van der Waals surface area contributed by atoms with Crippen LogP contribution in [0.15, 0.2) is 42.5 Å². The van der Waals surface area contributed by atoms with Crippen molar-refractivity contribution < 1.29 is 19.4 Å². The maximum atomic E-state index is 12.1. The average Bonchev–Trinajstić information content (AvgIpc) is 2.61. The van der Waals surface area contributed by atoms with Crippen molar-refractivity contribution in [2.75, 3.05) is 13.7 Å². The number of methoxy groups -OCH3 is 1. The van der Waals surface area contributed by atoms with E-state index in [1.54, 1.807) is 6.07 Å². The maximum absolute atomic E-state index is 12.1. The molecule has 0 heterocycles. The molecule has 0 spiro atoms. The van der Waals surface area contributed by atoms with Gasteiger partial charge in [-0.2, -0.15) is 0 Å². The molecular weight excluding hydrogens is 306 g/mol. The number of ether oxygens (including phenoxy) is 1. The van der Waals surface area contributed by atoms with E-state index in [9.17, 15) is 9.59 Å². The molecule has 0 bridgehead atoms. The van der Waals surface area contributed by atoms with Crippen molar-refractivity contribution in [1.29, 1.82) is 0 Å². The number of nitrogens with one attached hydrogen (secondary N) is 1. The highest BCUT2D eigenvalue weighted by Crippen LogP contribution is 2.20. The highest BCUT2D eigenvalue weighted by molar-refractivity contribution is 5.94. The molecular formula is C19H21NO4. The van der Waals surface area contributed by atoms with Crippen molar-refractivity contribution in [3.05, 3.63) is 64.7 Å². The summed E-state index contributed by atoms with van der Waals surface area (Å²) in [5, 5.41) is 11.9. The number of benzene rings is 2. The summed E-state index contributed by atoms with van der Waals surface area (Å²) in [5.41, 5.74) is 2.84. The number of hydrogen-bond donors (Lipinski definition) is 2. The Balaban J connectivity index is 1.95. The van der Waals surface area contributed by atoms with Crippen molar-refractivity contribution in [2.45, 2.75) is 19.8 Å². The third-order valence-electron chi connectivity index (χ3n) is 3.84. The molecule has 2 aromatic carbocycles. The number of rotatable bonds is 7. The molecule has 0 aliphatic carbocycles. The van der Waals surface area contributed by atoms with Crippen LogP contribution in [0.5, 0.6) is 5.75 Å². The maximum Gasteiger partial charge on any atom is 0.335 e. The molecule has 126 valence electrons. The SMILES string of the molecule is CCc1ccc(C(=O)NCCc2ccc(C(=O)O)cc2OC)cc1. The van der Waals surface area contributed by atoms with Crippen molar-refractivity contribution in [3.63, 3.8) is 0 Å². The first kappa shape index (κ1) is 17.5. The minimum absolute atomic E-state index is 0.126. The highest BCUT2D eigenvalue weighted by Gasteiger charge is 2.10. The molecule has 0 fully saturated rings. The highest BCUT2D eigenvalue weighted by atomic mass is 16.5. The summed E-state index contributed by atoms with van der Waals surface area (Å²) < 4.78 is 5.23. The Hall–Kier alpha value is -2.82. The molecule has 5 heteroatoms. The summed E-state index contributed by atoms with van der Waals surface area (Å²) in [5.74, 6) is -0.612. The zero-order valence-corrected chi connectivity index (χ0v) is 13.8. The van der Waals surface area contributed by atoms with Gasteiger partial charge in [-0.15, -0.1) is 0 Å². The van der Waals surface area contributed by atoms with E-state index in [4.69, 9.17) is 9.84 Å². The molecule has 0 aliphatic rings. The molecule has 0 aliphatic heterocycles. The first-order valence-electron chi connectivity index (χ1n) is 7.82. The molecule has 1 amide bonds. The van der Waals surface area contributed by atoms with E-state index in [-0.39, 0.29) is 11.5 Å². The fourth-order valence-electron chi connectivity index (χ4n) is 2.39. The molecule has 5 nitrogen and oxygen atoms in total. The second-order valence-electron chi connectivity index (χ2n) is 5.39. The van der Waals surface area contributed by atoms with Gasteiger partial charge < -0.3 is 15.2 Å². The van der Waals surface area contributed by atoms with E-state index in [1.165, 1.54) is 24.8 Å². The lowest BCUT2D eigenvalue weighted by Crippen LogP contribution is -2.25. The van der Waals surface area contributed by atoms with Gasteiger partial charge in [0.15, 0.2) is 0 Å². The fourth-order valence-corrected chi connectivity index (χ4v) is 2.39. The predicted molar refractivity (Wildman–Crippen MR) is 91.8 cm³/mol. The molecule has 0 unspecified atom stereocenters. The van der Waals surface area contributed by atoms with E-state index >= 15 is 0 Å². The van der Waals surface area contributed by atoms with Crippen LogP contribution in [0.25, 0.3) is 0 Å². The normalized spacial score (nSPS) is 10.2. The number of aromatic carboxylic acids is 1. The lowest BCUT2D eigenvalue weighted by atomic mass is 10.1. The standard InChI is InChI=1S/C19H21NO4/c1-3-13-4-6-15(7-5-13)18(21)20-11-10-14-8-9-16(19(22)23)12-17(14)24-2/h4-9,12H,3,10-11H2,1-2H3,(H,20,21)(H,22,23). The van der Waals surface area contributed by atoms with Crippen molar-refractivity contribution in [2.24, 2.45) is 0 Å². The number of aryl methyl sites for hydroxylation is 1. The molecule has 2 aromatic rings. The monoisotopic (exact) mass is 327 g/mol. The number of carbonyl (C=O) groups is 2. The van der Waals surface area contributed by atoms with Gasteiger partial charge in [-0.1, -0.05) is 25.1 Å². The van der Waals surface area contributed by atoms with Crippen LogP contribution < -0.4 is 10.1 Å². The molecule has 24 heavy (non-hydrogen) atoms. The largest absolute Gasteiger partial charge is 0.496 e. The van der Waals surface area contributed by atoms with Gasteiger partial charge in [0.1, 0.15) is 5.75 Å². The fraction of sp³-hybridized carbons (Fsp3) is 0.263. The minimum Gasteiger partial charge on any atom is -0.496 e. The van der Waals surface area contributed by atoms with Crippen LogP contribution in [-0.2, 0) is 12.8 Å². The van der Waals surface area contributed by atoms with E-state index in [0.29, 0.717) is 24.3 Å². The van der Waals surface area contributed by atoms with E-state index in [1.807, 2.05) is 24.3 Å². The topological polar surface area (TPSA) is 75.6 Å². The summed E-state index contributed by atoms with van der Waals surface area (Å²) in [6.07, 6.45) is 1.50. The van der Waals surface area contributed by atoms with Crippen LogP contribution in [0.1, 0.15) is 38.8 Å². The van der Waals surface area contributed by atoms with Gasteiger partial charge in [0.2, 0.25) is 0 Å². The smallest absolute Gasteiger partial charge is 0.335 e. The lowest BCUT2D eigenvalue weighted by molar-refractivity contribution is 0.0696. The Morgan fingerprint density at radius 1 is 1.08 bits per heavy atom. The zero-order valence-electron chi connectivity index (χ0n) is 13.8.